The molecule has 0 spiro atoms. The predicted molar refractivity (Wildman–Crippen MR) is 61.5 cm³/mol. The fourth-order valence-corrected chi connectivity index (χ4v) is 1.62. The van der Waals surface area contributed by atoms with Gasteiger partial charge in [0.1, 0.15) is 0 Å². The summed E-state index contributed by atoms with van der Waals surface area (Å²) >= 11 is 0. The molecule has 0 aliphatic carbocycles. The lowest BCUT2D eigenvalue weighted by Crippen LogP contribution is -2.22. The maximum atomic E-state index is 4.52. The summed E-state index contributed by atoms with van der Waals surface area (Å²) in [5, 5.41) is 2.52. The van der Waals surface area contributed by atoms with Crippen molar-refractivity contribution < 1.29 is 0 Å². The van der Waals surface area contributed by atoms with Crippen LogP contribution in [0.4, 0.5) is 0 Å². The zero-order valence-electron chi connectivity index (χ0n) is 8.70. The molecule has 0 atom stereocenters. The van der Waals surface area contributed by atoms with E-state index in [0.717, 1.165) is 6.42 Å². The van der Waals surface area contributed by atoms with Gasteiger partial charge < -0.3 is 0 Å². The van der Waals surface area contributed by atoms with Crippen LogP contribution in [-0.2, 0) is 0 Å². The Morgan fingerprint density at radius 1 is 1.14 bits per heavy atom. The number of benzene rings is 1. The monoisotopic (exact) mass is 185 g/mol. The highest BCUT2D eigenvalue weighted by atomic mass is 14.7. The molecule has 0 saturated heterocycles. The van der Waals surface area contributed by atoms with Crippen molar-refractivity contribution in [3.8, 4) is 0 Å². The Balaban J connectivity index is 2.52. The van der Waals surface area contributed by atoms with Gasteiger partial charge in [0.2, 0.25) is 0 Å². The van der Waals surface area contributed by atoms with Crippen molar-refractivity contribution in [3.63, 3.8) is 0 Å². The molecule has 14 heavy (non-hydrogen) atoms. The summed E-state index contributed by atoms with van der Waals surface area (Å²) < 4.78 is 0. The minimum atomic E-state index is 0.539. The first kappa shape index (κ1) is 9.20. The predicted octanol–water partition coefficient (Wildman–Crippen LogP) is 1.71. The van der Waals surface area contributed by atoms with Gasteiger partial charge in [-0.1, -0.05) is 44.2 Å². The molecule has 0 bridgehead atoms. The normalized spacial score (nSPS) is 14.9. The van der Waals surface area contributed by atoms with Crippen LogP contribution < -0.4 is 10.4 Å². The molecule has 0 radical (unpaired) electrons. The molecule has 0 amide bonds. The SMILES string of the molecule is CC(C)C1=NC=c2ccccc2=CC1. The quantitative estimate of drug-likeness (QED) is 0.631. The lowest BCUT2D eigenvalue weighted by Gasteiger charge is -2.04. The molecule has 1 heteroatoms. The van der Waals surface area contributed by atoms with Crippen molar-refractivity contribution >= 4 is 18.0 Å². The van der Waals surface area contributed by atoms with Crippen LogP contribution in [0.25, 0.3) is 12.3 Å². The van der Waals surface area contributed by atoms with Crippen LogP contribution in [0.1, 0.15) is 20.3 Å². The highest BCUT2D eigenvalue weighted by Crippen LogP contribution is 2.04. The summed E-state index contributed by atoms with van der Waals surface area (Å²) in [4.78, 5) is 4.52. The summed E-state index contributed by atoms with van der Waals surface area (Å²) in [5.74, 6) is 0.539. The van der Waals surface area contributed by atoms with Crippen molar-refractivity contribution in [2.75, 3.05) is 0 Å². The minimum Gasteiger partial charge on any atom is -0.264 e. The molecule has 0 fully saturated rings. The van der Waals surface area contributed by atoms with Gasteiger partial charge in [0.05, 0.1) is 0 Å². The molecule has 1 aromatic rings. The average Bonchev–Trinajstić information content (AvgIpc) is 2.39. The Labute approximate surface area is 84.5 Å². The second-order valence-corrected chi connectivity index (χ2v) is 3.94. The van der Waals surface area contributed by atoms with Crippen LogP contribution >= 0.6 is 0 Å². The van der Waals surface area contributed by atoms with E-state index in [1.54, 1.807) is 0 Å². The van der Waals surface area contributed by atoms with E-state index < -0.39 is 0 Å². The van der Waals surface area contributed by atoms with Crippen LogP contribution in [0.15, 0.2) is 29.3 Å². The molecule has 1 aromatic carbocycles. The minimum absolute atomic E-state index is 0.539. The van der Waals surface area contributed by atoms with Crippen molar-refractivity contribution in [1.82, 2.24) is 0 Å². The van der Waals surface area contributed by atoms with Gasteiger partial charge in [0.25, 0.3) is 0 Å². The van der Waals surface area contributed by atoms with Crippen molar-refractivity contribution in [2.45, 2.75) is 20.3 Å². The highest BCUT2D eigenvalue weighted by molar-refractivity contribution is 5.92. The fraction of sp³-hybridized carbons (Fsp3) is 0.308. The molecule has 1 aliphatic rings. The third kappa shape index (κ3) is 1.77. The number of nitrogens with zero attached hydrogens (tertiary/aromatic N) is 1. The zero-order chi connectivity index (χ0) is 9.97. The lowest BCUT2D eigenvalue weighted by molar-refractivity contribution is 0.872. The third-order valence-corrected chi connectivity index (χ3v) is 2.56. The van der Waals surface area contributed by atoms with Crippen LogP contribution in [0.3, 0.4) is 0 Å². The Hall–Kier alpha value is -1.37. The Morgan fingerprint density at radius 3 is 2.57 bits per heavy atom. The van der Waals surface area contributed by atoms with E-state index in [1.807, 2.05) is 6.20 Å². The molecule has 1 nitrogen and oxygen atoms in total. The summed E-state index contributed by atoms with van der Waals surface area (Å²) in [6.45, 7) is 4.38. The van der Waals surface area contributed by atoms with E-state index in [9.17, 15) is 0 Å². The maximum Gasteiger partial charge on any atom is 0.0345 e. The fourth-order valence-electron chi connectivity index (χ4n) is 1.62. The van der Waals surface area contributed by atoms with Gasteiger partial charge in [-0.05, 0) is 16.4 Å². The maximum absolute atomic E-state index is 4.52. The van der Waals surface area contributed by atoms with Gasteiger partial charge in [-0.15, -0.1) is 0 Å². The standard InChI is InChI=1S/C13H15N/c1-10(2)13-8-7-11-5-3-4-6-12(11)9-14-13/h3-7,9-10H,8H2,1-2H3. The van der Waals surface area contributed by atoms with Crippen LogP contribution in [-0.4, -0.2) is 5.71 Å². The molecule has 0 aromatic heterocycles. The second kappa shape index (κ2) is 3.79. The Bertz CT molecular complexity index is 466. The topological polar surface area (TPSA) is 12.4 Å². The van der Waals surface area contributed by atoms with Crippen molar-refractivity contribution in [2.24, 2.45) is 10.9 Å². The van der Waals surface area contributed by atoms with Crippen LogP contribution in [0.5, 0.6) is 0 Å². The number of fused-ring (bicyclic) bond motifs is 1. The first-order valence-electron chi connectivity index (χ1n) is 5.09. The number of rotatable bonds is 1. The zero-order valence-corrected chi connectivity index (χ0v) is 8.70. The molecule has 2 rings (SSSR count). The smallest absolute Gasteiger partial charge is 0.0345 e. The molecular weight excluding hydrogens is 170 g/mol. The van der Waals surface area contributed by atoms with Crippen LogP contribution in [0.2, 0.25) is 0 Å². The molecule has 1 heterocycles. The summed E-state index contributed by atoms with van der Waals surface area (Å²) in [7, 11) is 0. The summed E-state index contributed by atoms with van der Waals surface area (Å²) in [5.41, 5.74) is 1.27. The molecule has 0 saturated carbocycles. The van der Waals surface area contributed by atoms with Crippen molar-refractivity contribution in [1.29, 1.82) is 0 Å². The number of hydrogen-bond acceptors (Lipinski definition) is 1. The van der Waals surface area contributed by atoms with E-state index >= 15 is 0 Å². The van der Waals surface area contributed by atoms with Gasteiger partial charge in [-0.3, -0.25) is 4.99 Å². The van der Waals surface area contributed by atoms with Gasteiger partial charge in [-0.2, -0.15) is 0 Å². The third-order valence-electron chi connectivity index (χ3n) is 2.56. The highest BCUT2D eigenvalue weighted by Gasteiger charge is 2.03. The van der Waals surface area contributed by atoms with Gasteiger partial charge in [-0.25, -0.2) is 0 Å². The molecular formula is C13H15N. The van der Waals surface area contributed by atoms with Gasteiger partial charge >= 0.3 is 0 Å². The Morgan fingerprint density at radius 2 is 1.86 bits per heavy atom. The Kier molecular flexibility index (Phi) is 2.49. The van der Waals surface area contributed by atoms with Crippen LogP contribution in [0, 0.1) is 5.92 Å². The molecule has 72 valence electrons. The number of hydrogen-bond donors (Lipinski definition) is 0. The summed E-state index contributed by atoms with van der Waals surface area (Å²) in [6, 6.07) is 8.38. The van der Waals surface area contributed by atoms with E-state index in [0.29, 0.717) is 5.92 Å². The van der Waals surface area contributed by atoms with Gasteiger partial charge in [0.15, 0.2) is 0 Å². The largest absolute Gasteiger partial charge is 0.264 e. The van der Waals surface area contributed by atoms with E-state index in [4.69, 9.17) is 0 Å². The van der Waals surface area contributed by atoms with Crippen molar-refractivity contribution in [3.05, 3.63) is 34.7 Å². The average molecular weight is 185 g/mol. The first-order chi connectivity index (χ1) is 6.77. The first-order valence-corrected chi connectivity index (χ1v) is 5.09. The molecule has 1 aliphatic heterocycles. The molecule has 0 N–H and O–H groups in total. The van der Waals surface area contributed by atoms with E-state index in [-0.39, 0.29) is 0 Å². The lowest BCUT2D eigenvalue weighted by atomic mass is 10.0. The second-order valence-electron chi connectivity index (χ2n) is 3.94. The van der Waals surface area contributed by atoms with Gasteiger partial charge in [0, 0.05) is 18.3 Å². The summed E-state index contributed by atoms with van der Waals surface area (Å²) in [6.07, 6.45) is 5.22. The van der Waals surface area contributed by atoms with E-state index in [1.165, 1.54) is 16.1 Å². The molecule has 0 unspecified atom stereocenters. The number of aliphatic imine (C=N–C) groups is 1. The van der Waals surface area contributed by atoms with E-state index in [2.05, 4.69) is 49.2 Å².